The van der Waals surface area contributed by atoms with Gasteiger partial charge < -0.3 is 5.11 Å². The standard InChI is InChI=1S/C13H16O2/c14-13(15)7-3-6-8(7)12-10-5-2-1-4(5)9(10)11(6)12/h4-12H,1-3H2,(H,14,15)/t4-,5+,6-,7?,8-,9+,10-,11-,12+/m0/s1. The summed E-state index contributed by atoms with van der Waals surface area (Å²) in [6.45, 7) is 0. The number of fused-ring (bicyclic) bond motifs is 10. The molecule has 80 valence electrons. The lowest BCUT2D eigenvalue weighted by Gasteiger charge is -2.84. The number of rotatable bonds is 1. The number of hydrogen-bond donors (Lipinski definition) is 1. The maximum absolute atomic E-state index is 11.0. The Labute approximate surface area is 89.0 Å². The topological polar surface area (TPSA) is 37.3 Å². The third-order valence-corrected chi connectivity index (χ3v) is 6.89. The Balaban J connectivity index is 1.42. The second-order valence-electron chi connectivity index (χ2n) is 6.64. The van der Waals surface area contributed by atoms with Crippen molar-refractivity contribution in [3.63, 3.8) is 0 Å². The molecular weight excluding hydrogens is 188 g/mol. The second-order valence-corrected chi connectivity index (χ2v) is 6.64. The van der Waals surface area contributed by atoms with E-state index in [1.165, 1.54) is 12.8 Å². The van der Waals surface area contributed by atoms with Crippen LogP contribution < -0.4 is 0 Å². The van der Waals surface area contributed by atoms with Gasteiger partial charge in [-0.15, -0.1) is 0 Å². The second kappa shape index (κ2) is 1.99. The van der Waals surface area contributed by atoms with Gasteiger partial charge in [-0.1, -0.05) is 0 Å². The summed E-state index contributed by atoms with van der Waals surface area (Å²) in [5, 5.41) is 9.09. The summed E-state index contributed by atoms with van der Waals surface area (Å²) in [4.78, 5) is 11.0. The van der Waals surface area contributed by atoms with Crippen molar-refractivity contribution in [2.45, 2.75) is 19.3 Å². The third-order valence-electron chi connectivity index (χ3n) is 6.89. The van der Waals surface area contributed by atoms with Gasteiger partial charge in [-0.05, 0) is 66.6 Å². The number of carbonyl (C=O) groups is 1. The molecule has 5 saturated carbocycles. The highest BCUT2D eigenvalue weighted by atomic mass is 16.4. The smallest absolute Gasteiger partial charge is 0.306 e. The Morgan fingerprint density at radius 1 is 0.867 bits per heavy atom. The summed E-state index contributed by atoms with van der Waals surface area (Å²) in [6.07, 6.45) is 3.97. The van der Waals surface area contributed by atoms with E-state index in [0.29, 0.717) is 5.92 Å². The fourth-order valence-corrected chi connectivity index (χ4v) is 6.27. The van der Waals surface area contributed by atoms with Gasteiger partial charge in [-0.3, -0.25) is 4.79 Å². The molecule has 5 fully saturated rings. The van der Waals surface area contributed by atoms with Gasteiger partial charge in [0.05, 0.1) is 5.92 Å². The molecule has 0 aromatic heterocycles. The van der Waals surface area contributed by atoms with E-state index >= 15 is 0 Å². The van der Waals surface area contributed by atoms with Gasteiger partial charge >= 0.3 is 5.97 Å². The molecule has 0 saturated heterocycles. The molecule has 0 spiro atoms. The lowest BCUT2D eigenvalue weighted by Crippen LogP contribution is -2.81. The van der Waals surface area contributed by atoms with Crippen molar-refractivity contribution in [3.8, 4) is 0 Å². The molecular formula is C13H16O2. The van der Waals surface area contributed by atoms with Crippen molar-refractivity contribution in [2.75, 3.05) is 0 Å². The fourth-order valence-electron chi connectivity index (χ4n) is 6.27. The molecule has 9 atom stereocenters. The number of carboxylic acids is 1. The SMILES string of the molecule is O=C(O)C1C[C@H]2[C@@H]1[C@@H]1[C@H]3[C@@H]4CC[C@@H]4[C@H]3[C@H]21. The third kappa shape index (κ3) is 0.556. The van der Waals surface area contributed by atoms with Gasteiger partial charge in [0.15, 0.2) is 0 Å². The molecule has 1 N–H and O–H groups in total. The number of aliphatic carboxylic acids is 1. The average molecular weight is 204 g/mol. The first-order chi connectivity index (χ1) is 7.29. The zero-order valence-corrected chi connectivity index (χ0v) is 8.67. The Hall–Kier alpha value is -0.530. The molecule has 0 aromatic rings. The summed E-state index contributed by atoms with van der Waals surface area (Å²) >= 11 is 0. The zero-order chi connectivity index (χ0) is 9.89. The maximum atomic E-state index is 11.0. The minimum Gasteiger partial charge on any atom is -0.481 e. The Morgan fingerprint density at radius 2 is 1.47 bits per heavy atom. The van der Waals surface area contributed by atoms with Crippen LogP contribution in [0.1, 0.15) is 19.3 Å². The van der Waals surface area contributed by atoms with Crippen LogP contribution in [0.4, 0.5) is 0 Å². The maximum Gasteiger partial charge on any atom is 0.306 e. The predicted molar refractivity (Wildman–Crippen MR) is 52.9 cm³/mol. The highest BCUT2D eigenvalue weighted by Gasteiger charge is 2.80. The Kier molecular flexibility index (Phi) is 1.02. The van der Waals surface area contributed by atoms with Crippen molar-refractivity contribution >= 4 is 5.97 Å². The predicted octanol–water partition coefficient (Wildman–Crippen LogP) is 1.86. The summed E-state index contributed by atoms with van der Waals surface area (Å²) in [5.74, 6) is 7.09. The monoisotopic (exact) mass is 204 g/mol. The van der Waals surface area contributed by atoms with E-state index in [-0.39, 0.29) is 5.92 Å². The van der Waals surface area contributed by atoms with Gasteiger partial charge in [-0.25, -0.2) is 0 Å². The Bertz CT molecular complexity index is 371. The van der Waals surface area contributed by atoms with Gasteiger partial charge in [-0.2, -0.15) is 0 Å². The normalized spacial score (nSPS) is 71.1. The van der Waals surface area contributed by atoms with Crippen LogP contribution >= 0.6 is 0 Å². The van der Waals surface area contributed by atoms with Gasteiger partial charge in [0.1, 0.15) is 0 Å². The number of carboxylic acid groups (broad SMARTS) is 1. The molecule has 5 aliphatic carbocycles. The Morgan fingerprint density at radius 3 is 2.07 bits per heavy atom. The molecule has 1 unspecified atom stereocenters. The molecule has 5 rings (SSSR count). The first-order valence-electron chi connectivity index (χ1n) is 6.52. The van der Waals surface area contributed by atoms with Gasteiger partial charge in [0.25, 0.3) is 0 Å². The van der Waals surface area contributed by atoms with Crippen molar-refractivity contribution in [1.29, 1.82) is 0 Å². The van der Waals surface area contributed by atoms with Crippen LogP contribution in [0.5, 0.6) is 0 Å². The molecule has 0 amide bonds. The van der Waals surface area contributed by atoms with E-state index in [1.807, 2.05) is 0 Å². The minimum atomic E-state index is -0.511. The molecule has 0 heterocycles. The summed E-state index contributed by atoms with van der Waals surface area (Å²) in [5.41, 5.74) is 0. The molecule has 0 bridgehead atoms. The van der Waals surface area contributed by atoms with Crippen LogP contribution in [0.3, 0.4) is 0 Å². The van der Waals surface area contributed by atoms with E-state index < -0.39 is 5.97 Å². The van der Waals surface area contributed by atoms with E-state index in [9.17, 15) is 4.79 Å². The molecule has 0 radical (unpaired) electrons. The first kappa shape index (κ1) is 7.70. The van der Waals surface area contributed by atoms with E-state index in [0.717, 1.165) is 47.8 Å². The lowest BCUT2D eigenvalue weighted by molar-refractivity contribution is -0.372. The average Bonchev–Trinajstić information content (AvgIpc) is 2.12. The van der Waals surface area contributed by atoms with Crippen molar-refractivity contribution < 1.29 is 9.90 Å². The van der Waals surface area contributed by atoms with Crippen LogP contribution in [0.25, 0.3) is 0 Å². The van der Waals surface area contributed by atoms with Crippen molar-refractivity contribution in [2.24, 2.45) is 53.3 Å². The molecule has 2 nitrogen and oxygen atoms in total. The van der Waals surface area contributed by atoms with E-state index in [1.54, 1.807) is 0 Å². The van der Waals surface area contributed by atoms with Crippen molar-refractivity contribution in [1.82, 2.24) is 0 Å². The lowest BCUT2D eigenvalue weighted by atomic mass is 9.20. The summed E-state index contributed by atoms with van der Waals surface area (Å²) in [6, 6.07) is 0. The molecule has 2 heteroatoms. The van der Waals surface area contributed by atoms with Crippen LogP contribution in [0.2, 0.25) is 0 Å². The van der Waals surface area contributed by atoms with Crippen LogP contribution in [-0.4, -0.2) is 11.1 Å². The zero-order valence-electron chi connectivity index (χ0n) is 8.67. The quantitative estimate of drug-likeness (QED) is 0.662. The first-order valence-corrected chi connectivity index (χ1v) is 6.52. The minimum absolute atomic E-state index is 0.0522. The molecule has 0 aromatic carbocycles. The highest BCUT2D eigenvalue weighted by Crippen LogP contribution is 2.84. The van der Waals surface area contributed by atoms with E-state index in [2.05, 4.69) is 0 Å². The molecule has 0 aliphatic heterocycles. The van der Waals surface area contributed by atoms with Crippen LogP contribution in [-0.2, 0) is 4.79 Å². The summed E-state index contributed by atoms with van der Waals surface area (Å²) in [7, 11) is 0. The number of hydrogen-bond acceptors (Lipinski definition) is 1. The van der Waals surface area contributed by atoms with Crippen molar-refractivity contribution in [3.05, 3.63) is 0 Å². The highest BCUT2D eigenvalue weighted by molar-refractivity contribution is 5.72. The largest absolute Gasteiger partial charge is 0.481 e. The summed E-state index contributed by atoms with van der Waals surface area (Å²) < 4.78 is 0. The molecule has 15 heavy (non-hydrogen) atoms. The van der Waals surface area contributed by atoms with Crippen LogP contribution in [0.15, 0.2) is 0 Å². The van der Waals surface area contributed by atoms with Gasteiger partial charge in [0.2, 0.25) is 0 Å². The van der Waals surface area contributed by atoms with Crippen LogP contribution in [0, 0.1) is 53.3 Å². The molecule has 5 aliphatic rings. The van der Waals surface area contributed by atoms with Gasteiger partial charge in [0, 0.05) is 0 Å². The van der Waals surface area contributed by atoms with E-state index in [4.69, 9.17) is 5.11 Å². The fraction of sp³-hybridized carbons (Fsp3) is 0.923.